The zero-order valence-corrected chi connectivity index (χ0v) is 11.6. The zero-order valence-electron chi connectivity index (χ0n) is 11.6. The quantitative estimate of drug-likeness (QED) is 0.724. The molecule has 0 unspecified atom stereocenters. The van der Waals surface area contributed by atoms with Gasteiger partial charge in [-0.15, -0.1) is 0 Å². The van der Waals surface area contributed by atoms with Gasteiger partial charge in [0.2, 0.25) is 11.8 Å². The standard InChI is InChI=1S/C15H14N4O3/c20-12-7-6-11(14(21)19-12)18-15(22)17-10-5-1-3-9-4-2-8-16-13(9)10/h1-5,8,11H,6-7H2,(H2,17,18,22)(H,19,20,21)/t11-/m0/s1. The number of piperidine rings is 1. The maximum absolute atomic E-state index is 12.0. The second kappa shape index (κ2) is 5.80. The van der Waals surface area contributed by atoms with Crippen molar-refractivity contribution in [2.45, 2.75) is 18.9 Å². The molecule has 2 heterocycles. The van der Waals surface area contributed by atoms with Gasteiger partial charge in [-0.1, -0.05) is 18.2 Å². The normalized spacial score (nSPS) is 17.9. The third-order valence-corrected chi connectivity index (χ3v) is 3.43. The van der Waals surface area contributed by atoms with Crippen molar-refractivity contribution in [3.63, 3.8) is 0 Å². The summed E-state index contributed by atoms with van der Waals surface area (Å²) in [6.07, 6.45) is 2.16. The van der Waals surface area contributed by atoms with Crippen molar-refractivity contribution < 1.29 is 14.4 Å². The molecule has 0 radical (unpaired) electrons. The first kappa shape index (κ1) is 14.0. The van der Waals surface area contributed by atoms with Gasteiger partial charge >= 0.3 is 6.03 Å². The second-order valence-electron chi connectivity index (χ2n) is 4.98. The van der Waals surface area contributed by atoms with Crippen LogP contribution in [0.4, 0.5) is 10.5 Å². The van der Waals surface area contributed by atoms with Crippen molar-refractivity contribution >= 4 is 34.4 Å². The Morgan fingerprint density at radius 2 is 2.05 bits per heavy atom. The highest BCUT2D eigenvalue weighted by molar-refractivity contribution is 6.04. The van der Waals surface area contributed by atoms with Crippen LogP contribution in [0.15, 0.2) is 36.5 Å². The van der Waals surface area contributed by atoms with Gasteiger partial charge in [0.1, 0.15) is 6.04 Å². The van der Waals surface area contributed by atoms with Gasteiger partial charge in [0.15, 0.2) is 0 Å². The fourth-order valence-electron chi connectivity index (χ4n) is 2.35. The van der Waals surface area contributed by atoms with Crippen LogP contribution >= 0.6 is 0 Å². The van der Waals surface area contributed by atoms with Crippen LogP contribution in [0.5, 0.6) is 0 Å². The molecule has 1 saturated heterocycles. The summed E-state index contributed by atoms with van der Waals surface area (Å²) in [5.41, 5.74) is 1.23. The molecule has 0 aliphatic carbocycles. The average molecular weight is 298 g/mol. The molecular formula is C15H14N4O3. The molecule has 112 valence electrons. The number of nitrogens with one attached hydrogen (secondary N) is 3. The van der Waals surface area contributed by atoms with E-state index in [1.54, 1.807) is 12.3 Å². The first-order valence-corrected chi connectivity index (χ1v) is 6.88. The molecule has 4 amide bonds. The maximum Gasteiger partial charge on any atom is 0.319 e. The molecule has 1 aromatic carbocycles. The topological polar surface area (TPSA) is 100 Å². The fraction of sp³-hybridized carbons (Fsp3) is 0.200. The molecule has 0 bridgehead atoms. The Bertz CT molecular complexity index is 754. The molecule has 3 rings (SSSR count). The van der Waals surface area contributed by atoms with Gasteiger partial charge in [-0.3, -0.25) is 19.9 Å². The summed E-state index contributed by atoms with van der Waals surface area (Å²) in [6.45, 7) is 0. The van der Waals surface area contributed by atoms with Crippen molar-refractivity contribution in [3.05, 3.63) is 36.5 Å². The van der Waals surface area contributed by atoms with Gasteiger partial charge in [0.05, 0.1) is 11.2 Å². The molecule has 1 aliphatic heterocycles. The van der Waals surface area contributed by atoms with E-state index in [0.717, 1.165) is 5.39 Å². The lowest BCUT2D eigenvalue weighted by molar-refractivity contribution is -0.134. The number of carbonyl (C=O) groups excluding carboxylic acids is 3. The van der Waals surface area contributed by atoms with Gasteiger partial charge in [0, 0.05) is 18.0 Å². The molecule has 7 nitrogen and oxygen atoms in total. The van der Waals surface area contributed by atoms with Gasteiger partial charge in [-0.05, 0) is 18.6 Å². The number of nitrogens with zero attached hydrogens (tertiary/aromatic N) is 1. The number of fused-ring (bicyclic) bond motifs is 1. The number of pyridine rings is 1. The van der Waals surface area contributed by atoms with E-state index in [4.69, 9.17) is 0 Å². The number of aromatic nitrogens is 1. The Hall–Kier alpha value is -2.96. The predicted molar refractivity (Wildman–Crippen MR) is 80.1 cm³/mol. The van der Waals surface area contributed by atoms with E-state index in [0.29, 0.717) is 17.6 Å². The molecule has 3 N–H and O–H groups in total. The van der Waals surface area contributed by atoms with E-state index >= 15 is 0 Å². The van der Waals surface area contributed by atoms with E-state index in [1.807, 2.05) is 24.3 Å². The van der Waals surface area contributed by atoms with E-state index in [2.05, 4.69) is 20.9 Å². The van der Waals surface area contributed by atoms with Crippen LogP contribution in [0.3, 0.4) is 0 Å². The smallest absolute Gasteiger partial charge is 0.319 e. The number of anilines is 1. The lowest BCUT2D eigenvalue weighted by Gasteiger charge is -2.22. The van der Waals surface area contributed by atoms with E-state index in [-0.39, 0.29) is 12.3 Å². The van der Waals surface area contributed by atoms with Crippen LogP contribution in [-0.4, -0.2) is 28.9 Å². The Kier molecular flexibility index (Phi) is 3.69. The highest BCUT2D eigenvalue weighted by Gasteiger charge is 2.27. The summed E-state index contributed by atoms with van der Waals surface area (Å²) in [5.74, 6) is -0.802. The van der Waals surface area contributed by atoms with Crippen molar-refractivity contribution in [1.82, 2.24) is 15.6 Å². The van der Waals surface area contributed by atoms with Crippen molar-refractivity contribution in [2.75, 3.05) is 5.32 Å². The second-order valence-corrected chi connectivity index (χ2v) is 4.98. The van der Waals surface area contributed by atoms with E-state index in [9.17, 15) is 14.4 Å². The van der Waals surface area contributed by atoms with Crippen LogP contribution < -0.4 is 16.0 Å². The third kappa shape index (κ3) is 2.88. The van der Waals surface area contributed by atoms with Crippen LogP contribution in [0.25, 0.3) is 10.9 Å². The molecule has 2 aromatic rings. The maximum atomic E-state index is 12.0. The van der Waals surface area contributed by atoms with Gasteiger partial charge in [0.25, 0.3) is 0 Å². The minimum absolute atomic E-state index is 0.215. The summed E-state index contributed by atoms with van der Waals surface area (Å²) in [6, 6.07) is 7.94. The Balaban J connectivity index is 1.71. The van der Waals surface area contributed by atoms with E-state index < -0.39 is 18.0 Å². The monoisotopic (exact) mass is 298 g/mol. The Morgan fingerprint density at radius 1 is 1.23 bits per heavy atom. The van der Waals surface area contributed by atoms with Gasteiger partial charge in [-0.25, -0.2) is 4.79 Å². The zero-order chi connectivity index (χ0) is 15.5. The number of para-hydroxylation sites is 1. The molecule has 1 aliphatic rings. The van der Waals surface area contributed by atoms with Crippen molar-refractivity contribution in [3.8, 4) is 0 Å². The van der Waals surface area contributed by atoms with Crippen LogP contribution in [-0.2, 0) is 9.59 Å². The summed E-state index contributed by atoms with van der Waals surface area (Å²) in [4.78, 5) is 39.0. The Morgan fingerprint density at radius 3 is 2.86 bits per heavy atom. The molecule has 1 atom stereocenters. The summed E-state index contributed by atoms with van der Waals surface area (Å²) >= 11 is 0. The van der Waals surface area contributed by atoms with Crippen LogP contribution in [0.1, 0.15) is 12.8 Å². The largest absolute Gasteiger partial charge is 0.326 e. The number of amides is 4. The molecule has 0 spiro atoms. The number of hydrogen-bond donors (Lipinski definition) is 3. The van der Waals surface area contributed by atoms with Crippen LogP contribution in [0.2, 0.25) is 0 Å². The minimum Gasteiger partial charge on any atom is -0.326 e. The Labute approximate surface area is 126 Å². The number of imide groups is 1. The number of benzene rings is 1. The molecule has 1 fully saturated rings. The van der Waals surface area contributed by atoms with E-state index in [1.165, 1.54) is 0 Å². The van der Waals surface area contributed by atoms with Gasteiger partial charge in [-0.2, -0.15) is 0 Å². The third-order valence-electron chi connectivity index (χ3n) is 3.43. The molecular weight excluding hydrogens is 284 g/mol. The lowest BCUT2D eigenvalue weighted by atomic mass is 10.1. The minimum atomic E-state index is -0.708. The first-order chi connectivity index (χ1) is 10.6. The molecule has 7 heteroatoms. The first-order valence-electron chi connectivity index (χ1n) is 6.88. The summed E-state index contributed by atoms with van der Waals surface area (Å²) in [5, 5.41) is 8.35. The van der Waals surface area contributed by atoms with Crippen molar-refractivity contribution in [1.29, 1.82) is 0 Å². The SMILES string of the molecule is O=C1CC[C@H](NC(=O)Nc2cccc3cccnc23)C(=O)N1. The molecule has 1 aromatic heterocycles. The van der Waals surface area contributed by atoms with Crippen molar-refractivity contribution in [2.24, 2.45) is 0 Å². The highest BCUT2D eigenvalue weighted by atomic mass is 16.2. The molecule has 0 saturated carbocycles. The lowest BCUT2D eigenvalue weighted by Crippen LogP contribution is -2.53. The predicted octanol–water partition coefficient (Wildman–Crippen LogP) is 1.16. The molecule has 22 heavy (non-hydrogen) atoms. The van der Waals surface area contributed by atoms with Crippen LogP contribution in [0, 0.1) is 0 Å². The number of rotatable bonds is 2. The summed E-state index contributed by atoms with van der Waals surface area (Å²) in [7, 11) is 0. The number of carbonyl (C=O) groups is 3. The summed E-state index contributed by atoms with van der Waals surface area (Å²) < 4.78 is 0. The number of hydrogen-bond acceptors (Lipinski definition) is 4. The fourth-order valence-corrected chi connectivity index (χ4v) is 2.35. The highest BCUT2D eigenvalue weighted by Crippen LogP contribution is 2.20. The number of urea groups is 1. The van der Waals surface area contributed by atoms with Gasteiger partial charge < -0.3 is 10.6 Å². The average Bonchev–Trinajstić information content (AvgIpc) is 2.50.